The van der Waals surface area contributed by atoms with Crippen molar-refractivity contribution < 1.29 is 44.0 Å². The highest BCUT2D eigenvalue weighted by molar-refractivity contribution is 7.46. The third kappa shape index (κ3) is 10.6. The topological polar surface area (TPSA) is 183 Å². The molecule has 1 aliphatic heterocycles. The fraction of sp³-hybridized carbons (Fsp3) is 1.00. The number of rotatable bonds is 18. The maximum absolute atomic E-state index is 11.3. The molecule has 1 saturated heterocycles. The summed E-state index contributed by atoms with van der Waals surface area (Å²) in [7, 11) is -5.23. The smallest absolute Gasteiger partial charge is 0.391 e. The predicted molar refractivity (Wildman–Crippen MR) is 124 cm³/mol. The first kappa shape index (κ1) is 30.9. The zero-order chi connectivity index (χ0) is 25.0. The summed E-state index contributed by atoms with van der Waals surface area (Å²) in [5, 5.41) is 40.8. The standard InChI is InChI=1S/C22H46NO9P/c1-2-3-4-5-6-7-8-9-10-11-12-13-14-15-16-21(27)19(23)18(25)20(26)22(17-24,31-21)32-33(28,29)30/h18-20,24-27H,2-17,23H2,1H3,(H2,28,29,30)/t18-,19-,20+,21+,22-/m1/s1. The van der Waals surface area contributed by atoms with E-state index in [-0.39, 0.29) is 6.42 Å². The number of nitrogens with two attached hydrogens (primary N) is 1. The van der Waals surface area contributed by atoms with Crippen LogP contribution in [0.2, 0.25) is 0 Å². The number of hydrogen-bond donors (Lipinski definition) is 7. The Kier molecular flexibility index (Phi) is 14.1. The number of aliphatic hydroxyl groups is 4. The Bertz CT molecular complexity index is 578. The molecular weight excluding hydrogens is 453 g/mol. The Morgan fingerprint density at radius 3 is 1.70 bits per heavy atom. The molecule has 33 heavy (non-hydrogen) atoms. The third-order valence-corrected chi connectivity index (χ3v) is 6.94. The van der Waals surface area contributed by atoms with Crippen molar-refractivity contribution in [3.05, 3.63) is 0 Å². The van der Waals surface area contributed by atoms with E-state index in [0.29, 0.717) is 6.42 Å². The molecule has 5 atom stereocenters. The molecule has 1 fully saturated rings. The first-order valence-corrected chi connectivity index (χ1v) is 14.0. The fourth-order valence-corrected chi connectivity index (χ4v) is 4.98. The highest BCUT2D eigenvalue weighted by Crippen LogP contribution is 2.48. The van der Waals surface area contributed by atoms with Crippen LogP contribution in [0.25, 0.3) is 0 Å². The van der Waals surface area contributed by atoms with Crippen LogP contribution >= 0.6 is 7.82 Å². The largest absolute Gasteiger partial charge is 0.472 e. The molecule has 1 heterocycles. The van der Waals surface area contributed by atoms with E-state index in [1.54, 1.807) is 0 Å². The Labute approximate surface area is 197 Å². The van der Waals surface area contributed by atoms with Crippen LogP contribution in [0, 0.1) is 0 Å². The summed E-state index contributed by atoms with van der Waals surface area (Å²) in [6, 6.07) is -1.45. The second kappa shape index (κ2) is 15.1. The summed E-state index contributed by atoms with van der Waals surface area (Å²) in [5.41, 5.74) is 5.82. The fourth-order valence-electron chi connectivity index (χ4n) is 4.37. The van der Waals surface area contributed by atoms with E-state index >= 15 is 0 Å². The zero-order valence-corrected chi connectivity index (χ0v) is 20.9. The van der Waals surface area contributed by atoms with Gasteiger partial charge in [-0.1, -0.05) is 90.4 Å². The molecular formula is C22H46NO9P. The first-order chi connectivity index (χ1) is 15.5. The van der Waals surface area contributed by atoms with Gasteiger partial charge in [0.2, 0.25) is 5.79 Å². The maximum Gasteiger partial charge on any atom is 0.472 e. The SMILES string of the molecule is CCCCCCCCCCCCCCCC[C@]1(O)O[C@](CO)(OP(=O)(O)O)[C@@H](O)[C@H](O)[C@H]1N. The molecule has 0 aromatic heterocycles. The monoisotopic (exact) mass is 499 g/mol. The van der Waals surface area contributed by atoms with Crippen molar-refractivity contribution in [1.29, 1.82) is 0 Å². The van der Waals surface area contributed by atoms with Crippen LogP contribution in [0.15, 0.2) is 0 Å². The summed E-state index contributed by atoms with van der Waals surface area (Å²) in [5.74, 6) is -4.92. The molecule has 10 nitrogen and oxygen atoms in total. The molecule has 0 bridgehead atoms. The summed E-state index contributed by atoms with van der Waals surface area (Å²) >= 11 is 0. The highest BCUT2D eigenvalue weighted by Gasteiger charge is 2.61. The lowest BCUT2D eigenvalue weighted by Gasteiger charge is -2.51. The summed E-state index contributed by atoms with van der Waals surface area (Å²) in [6.07, 6.45) is 12.1. The molecule has 198 valence electrons. The molecule has 0 aromatic carbocycles. The van der Waals surface area contributed by atoms with Gasteiger partial charge in [-0.05, 0) is 6.42 Å². The minimum absolute atomic E-state index is 0.0533. The molecule has 8 N–H and O–H groups in total. The van der Waals surface area contributed by atoms with Crippen LogP contribution in [-0.4, -0.2) is 66.6 Å². The van der Waals surface area contributed by atoms with Crippen LogP contribution in [0.5, 0.6) is 0 Å². The summed E-state index contributed by atoms with van der Waals surface area (Å²) in [6.45, 7) is 1.02. The second-order valence-corrected chi connectivity index (χ2v) is 10.5. The minimum atomic E-state index is -5.23. The molecule has 0 spiro atoms. The number of hydrogen-bond acceptors (Lipinski definition) is 8. The molecule has 0 amide bonds. The van der Waals surface area contributed by atoms with Gasteiger partial charge < -0.3 is 40.7 Å². The van der Waals surface area contributed by atoms with E-state index in [0.717, 1.165) is 25.7 Å². The number of aliphatic hydroxyl groups excluding tert-OH is 3. The lowest BCUT2D eigenvalue weighted by Crippen LogP contribution is -2.73. The van der Waals surface area contributed by atoms with Gasteiger partial charge in [0.05, 0.1) is 6.04 Å². The Morgan fingerprint density at radius 1 is 0.879 bits per heavy atom. The van der Waals surface area contributed by atoms with Crippen LogP contribution < -0.4 is 5.73 Å². The normalized spacial score (nSPS) is 30.6. The highest BCUT2D eigenvalue weighted by atomic mass is 31.2. The van der Waals surface area contributed by atoms with E-state index in [1.165, 1.54) is 57.8 Å². The Balaban J connectivity index is 2.32. The van der Waals surface area contributed by atoms with Crippen molar-refractivity contribution in [3.63, 3.8) is 0 Å². The van der Waals surface area contributed by atoms with Crippen LogP contribution in [-0.2, 0) is 13.8 Å². The summed E-state index contributed by atoms with van der Waals surface area (Å²) < 4.78 is 21.0. The van der Waals surface area contributed by atoms with Crippen molar-refractivity contribution >= 4 is 7.82 Å². The van der Waals surface area contributed by atoms with Crippen molar-refractivity contribution in [3.8, 4) is 0 Å². The molecule has 0 radical (unpaired) electrons. The molecule has 1 rings (SSSR count). The molecule has 0 aliphatic carbocycles. The molecule has 11 heteroatoms. The van der Waals surface area contributed by atoms with Gasteiger partial charge in [0, 0.05) is 6.42 Å². The van der Waals surface area contributed by atoms with Crippen LogP contribution in [0.4, 0.5) is 0 Å². The molecule has 0 saturated carbocycles. The lowest BCUT2D eigenvalue weighted by molar-refractivity contribution is -0.407. The van der Waals surface area contributed by atoms with Crippen LogP contribution in [0.3, 0.4) is 0 Å². The number of unbranched alkanes of at least 4 members (excludes halogenated alkanes) is 13. The quantitative estimate of drug-likeness (QED) is 0.109. The van der Waals surface area contributed by atoms with Crippen molar-refractivity contribution in [1.82, 2.24) is 0 Å². The lowest BCUT2D eigenvalue weighted by atomic mass is 9.86. The van der Waals surface area contributed by atoms with Crippen LogP contribution in [0.1, 0.15) is 103 Å². The van der Waals surface area contributed by atoms with Gasteiger partial charge in [-0.3, -0.25) is 0 Å². The van der Waals surface area contributed by atoms with E-state index in [9.17, 15) is 25.0 Å². The Morgan fingerprint density at radius 2 is 1.30 bits per heavy atom. The number of ether oxygens (including phenoxy) is 1. The van der Waals surface area contributed by atoms with Gasteiger partial charge >= 0.3 is 7.82 Å². The molecule has 0 unspecified atom stereocenters. The predicted octanol–water partition coefficient (Wildman–Crippen LogP) is 2.42. The second-order valence-electron chi connectivity index (χ2n) is 9.31. The van der Waals surface area contributed by atoms with Gasteiger partial charge in [0.1, 0.15) is 18.8 Å². The average molecular weight is 500 g/mol. The number of phosphoric acid groups is 1. The zero-order valence-electron chi connectivity index (χ0n) is 20.0. The van der Waals surface area contributed by atoms with E-state index in [2.05, 4.69) is 11.4 Å². The van der Waals surface area contributed by atoms with E-state index in [1.807, 2.05) is 0 Å². The van der Waals surface area contributed by atoms with Gasteiger partial charge in [-0.25, -0.2) is 9.09 Å². The Hall–Kier alpha value is -0.130. The van der Waals surface area contributed by atoms with E-state index in [4.69, 9.17) is 20.3 Å². The van der Waals surface area contributed by atoms with Crippen molar-refractivity contribution in [2.75, 3.05) is 6.61 Å². The van der Waals surface area contributed by atoms with E-state index < -0.39 is 44.3 Å². The summed E-state index contributed by atoms with van der Waals surface area (Å²) in [4.78, 5) is 18.2. The number of phosphoric ester groups is 1. The third-order valence-electron chi connectivity index (χ3n) is 6.39. The van der Waals surface area contributed by atoms with Gasteiger partial charge in [0.25, 0.3) is 0 Å². The molecule has 1 aliphatic rings. The van der Waals surface area contributed by atoms with Gasteiger partial charge in [-0.15, -0.1) is 0 Å². The first-order valence-electron chi connectivity index (χ1n) is 12.4. The van der Waals surface area contributed by atoms with Gasteiger partial charge in [-0.2, -0.15) is 0 Å². The van der Waals surface area contributed by atoms with Crippen molar-refractivity contribution in [2.24, 2.45) is 5.73 Å². The molecule has 0 aromatic rings. The maximum atomic E-state index is 11.3. The van der Waals surface area contributed by atoms with Gasteiger partial charge in [0.15, 0.2) is 5.79 Å². The van der Waals surface area contributed by atoms with Crippen molar-refractivity contribution in [2.45, 2.75) is 133 Å². The minimum Gasteiger partial charge on any atom is -0.391 e. The average Bonchev–Trinajstić information content (AvgIpc) is 2.75.